The van der Waals surface area contributed by atoms with E-state index in [0.29, 0.717) is 25.9 Å². The third kappa shape index (κ3) is 6.99. The van der Waals surface area contributed by atoms with Crippen LogP contribution in [-0.4, -0.2) is 92.4 Å². The Hall–Kier alpha value is -4.12. The molecule has 3 heterocycles. The number of likely N-dealkylation sites (tertiary alicyclic amines) is 1. The Balaban J connectivity index is 1.11. The van der Waals surface area contributed by atoms with Gasteiger partial charge in [0.25, 0.3) is 0 Å². The van der Waals surface area contributed by atoms with Crippen LogP contribution in [0, 0.1) is 0 Å². The van der Waals surface area contributed by atoms with Crippen LogP contribution in [0.2, 0.25) is 0 Å². The van der Waals surface area contributed by atoms with E-state index in [9.17, 15) is 9.59 Å². The second-order valence-corrected chi connectivity index (χ2v) is 12.1. The molecule has 44 heavy (non-hydrogen) atoms. The van der Waals surface area contributed by atoms with Crippen molar-refractivity contribution in [2.24, 2.45) is 12.8 Å². The lowest BCUT2D eigenvalue weighted by Gasteiger charge is -2.38. The number of hydrogen-bond acceptors (Lipinski definition) is 7. The van der Waals surface area contributed by atoms with Crippen molar-refractivity contribution < 1.29 is 9.59 Å². The van der Waals surface area contributed by atoms with Gasteiger partial charge >= 0.3 is 0 Å². The maximum atomic E-state index is 13.8. The molecule has 2 saturated heterocycles. The Morgan fingerprint density at radius 1 is 0.932 bits per heavy atom. The average Bonchev–Trinajstić information content (AvgIpc) is 3.67. The monoisotopic (exact) mass is 594 g/mol. The zero-order chi connectivity index (χ0) is 30.5. The van der Waals surface area contributed by atoms with Gasteiger partial charge in [-0.25, -0.2) is 4.68 Å². The third-order valence-electron chi connectivity index (χ3n) is 9.08. The van der Waals surface area contributed by atoms with E-state index in [1.165, 1.54) is 5.56 Å². The number of carbonyl (C=O) groups excluding carboxylic acids is 2. The molecule has 0 radical (unpaired) electrons. The highest BCUT2D eigenvalue weighted by atomic mass is 16.2. The van der Waals surface area contributed by atoms with Crippen LogP contribution in [0.4, 0.5) is 0 Å². The summed E-state index contributed by atoms with van der Waals surface area (Å²) in [5.74, 6) is -0.287. The Morgan fingerprint density at radius 3 is 2.36 bits per heavy atom. The van der Waals surface area contributed by atoms with E-state index in [2.05, 4.69) is 61.8 Å². The largest absolute Gasteiger partial charge is 0.350 e. The summed E-state index contributed by atoms with van der Waals surface area (Å²) in [7, 11) is 1.85. The highest BCUT2D eigenvalue weighted by Gasteiger charge is 2.43. The number of nitrogens with one attached hydrogen (secondary N) is 1. The molecule has 0 bridgehead atoms. The number of nitrogens with zero attached hydrogens (tertiary/aromatic N) is 6. The first-order valence-corrected chi connectivity index (χ1v) is 15.6. The van der Waals surface area contributed by atoms with Crippen molar-refractivity contribution in [3.05, 3.63) is 95.6 Å². The molecule has 0 aliphatic carbocycles. The van der Waals surface area contributed by atoms with Crippen molar-refractivity contribution in [3.63, 3.8) is 0 Å². The lowest BCUT2D eigenvalue weighted by atomic mass is 10.0. The summed E-state index contributed by atoms with van der Waals surface area (Å²) in [5.41, 5.74) is 11.6. The second kappa shape index (κ2) is 13.7. The van der Waals surface area contributed by atoms with Crippen molar-refractivity contribution in [2.75, 3.05) is 32.7 Å². The first-order valence-electron chi connectivity index (χ1n) is 15.6. The molecule has 2 aliphatic heterocycles. The first-order chi connectivity index (χ1) is 21.4. The van der Waals surface area contributed by atoms with Crippen LogP contribution in [0.1, 0.15) is 29.5 Å². The van der Waals surface area contributed by atoms with Crippen molar-refractivity contribution in [3.8, 4) is 0 Å². The van der Waals surface area contributed by atoms with E-state index in [4.69, 9.17) is 5.73 Å². The number of aromatic nitrogens is 3. The molecule has 0 saturated carbocycles. The summed E-state index contributed by atoms with van der Waals surface area (Å²) < 4.78 is 1.72. The van der Waals surface area contributed by atoms with E-state index in [1.807, 2.05) is 49.5 Å². The van der Waals surface area contributed by atoms with Gasteiger partial charge in [0.15, 0.2) is 0 Å². The number of fused-ring (bicyclic) bond motifs is 1. The van der Waals surface area contributed by atoms with Gasteiger partial charge in [-0.3, -0.25) is 19.4 Å². The lowest BCUT2D eigenvalue weighted by molar-refractivity contribution is -0.139. The fraction of sp³-hybridized carbons (Fsp3) is 0.412. The molecule has 3 atom stereocenters. The van der Waals surface area contributed by atoms with Crippen LogP contribution in [0.25, 0.3) is 11.0 Å². The van der Waals surface area contributed by atoms with Gasteiger partial charge in [-0.15, -0.1) is 5.10 Å². The van der Waals surface area contributed by atoms with Gasteiger partial charge in [-0.1, -0.05) is 71.9 Å². The number of piperazine rings is 1. The summed E-state index contributed by atoms with van der Waals surface area (Å²) in [6, 6.07) is 25.4. The second-order valence-electron chi connectivity index (χ2n) is 12.1. The molecular weight excluding hydrogens is 552 g/mol. The fourth-order valence-electron chi connectivity index (χ4n) is 6.51. The number of hydrogen-bond donors (Lipinski definition) is 2. The van der Waals surface area contributed by atoms with Gasteiger partial charge in [0.1, 0.15) is 11.6 Å². The molecule has 3 N–H and O–H groups in total. The minimum Gasteiger partial charge on any atom is -0.350 e. The summed E-state index contributed by atoms with van der Waals surface area (Å²) in [6.45, 7) is 5.53. The fourth-order valence-corrected chi connectivity index (χ4v) is 6.51. The highest BCUT2D eigenvalue weighted by Crippen LogP contribution is 2.26. The van der Waals surface area contributed by atoms with Gasteiger partial charge in [-0.2, -0.15) is 0 Å². The van der Waals surface area contributed by atoms with Gasteiger partial charge < -0.3 is 16.0 Å². The number of amides is 2. The van der Waals surface area contributed by atoms with Crippen LogP contribution >= 0.6 is 0 Å². The number of benzene rings is 3. The molecule has 10 heteroatoms. The highest BCUT2D eigenvalue weighted by molar-refractivity contribution is 5.90. The minimum absolute atomic E-state index is 0.117. The lowest BCUT2D eigenvalue weighted by Crippen LogP contribution is -2.52. The van der Waals surface area contributed by atoms with Crippen LogP contribution in [0.3, 0.4) is 0 Å². The van der Waals surface area contributed by atoms with Crippen LogP contribution in [-0.2, 0) is 36.1 Å². The van der Waals surface area contributed by atoms with E-state index in [-0.39, 0.29) is 17.9 Å². The van der Waals surface area contributed by atoms with Crippen molar-refractivity contribution in [1.29, 1.82) is 0 Å². The summed E-state index contributed by atoms with van der Waals surface area (Å²) in [5, 5.41) is 11.4. The Morgan fingerprint density at radius 2 is 1.64 bits per heavy atom. The summed E-state index contributed by atoms with van der Waals surface area (Å²) in [4.78, 5) is 34.1. The number of carbonyl (C=O) groups is 2. The summed E-state index contributed by atoms with van der Waals surface area (Å²) >= 11 is 0. The Bertz CT molecular complexity index is 1550. The molecule has 10 nitrogen and oxygen atoms in total. The molecule has 0 spiro atoms. The first kappa shape index (κ1) is 29.9. The van der Waals surface area contributed by atoms with E-state index < -0.39 is 12.1 Å². The number of nitrogens with two attached hydrogens (primary N) is 1. The standard InChI is InChI=1S/C34H42N8O2/c1-39-31-15-13-27(20-30(31)37-38-39)22-36-33(43)32-21-28(41-18-16-40(17-19-41)23-26-10-6-3-7-11-26)24-42(32)34(44)29(35)14-12-25-8-4-2-5-9-25/h2-11,13,15,20,28-29,32H,12,14,16-19,21-24,35H2,1H3,(H,36,43)/t28-,29+,32-/m0/s1. The normalized spacial score (nSPS) is 20.2. The quantitative estimate of drug-likeness (QED) is 0.290. The summed E-state index contributed by atoms with van der Waals surface area (Å²) in [6.07, 6.45) is 1.86. The van der Waals surface area contributed by atoms with Crippen LogP contribution in [0.15, 0.2) is 78.9 Å². The van der Waals surface area contributed by atoms with Gasteiger partial charge in [0, 0.05) is 58.9 Å². The zero-order valence-electron chi connectivity index (χ0n) is 25.4. The van der Waals surface area contributed by atoms with Gasteiger partial charge in [0.2, 0.25) is 11.8 Å². The van der Waals surface area contributed by atoms with Gasteiger partial charge in [-0.05, 0) is 48.1 Å². The molecule has 0 unspecified atom stereocenters. The maximum absolute atomic E-state index is 13.8. The average molecular weight is 595 g/mol. The Kier molecular flexibility index (Phi) is 9.30. The molecule has 3 aromatic carbocycles. The molecule has 2 amide bonds. The third-order valence-corrected chi connectivity index (χ3v) is 9.08. The molecule has 2 aliphatic rings. The van der Waals surface area contributed by atoms with Crippen molar-refractivity contribution in [2.45, 2.75) is 50.5 Å². The van der Waals surface area contributed by atoms with Gasteiger partial charge in [0.05, 0.1) is 11.6 Å². The van der Waals surface area contributed by atoms with Crippen molar-refractivity contribution in [1.82, 2.24) is 35.0 Å². The molecule has 4 aromatic rings. The zero-order valence-corrected chi connectivity index (χ0v) is 25.4. The minimum atomic E-state index is -0.661. The Labute approximate surface area is 258 Å². The number of aryl methyl sites for hydroxylation is 2. The predicted molar refractivity (Wildman–Crippen MR) is 170 cm³/mol. The maximum Gasteiger partial charge on any atom is 0.243 e. The van der Waals surface area contributed by atoms with E-state index in [0.717, 1.165) is 61.3 Å². The SMILES string of the molecule is Cn1nnc2cc(CNC(=O)[C@@H]3C[C@H](N4CCN(Cc5ccccc5)CC4)CN3C(=O)[C@H](N)CCc3ccccc3)ccc21. The smallest absolute Gasteiger partial charge is 0.243 e. The molecule has 230 valence electrons. The topological polar surface area (TPSA) is 113 Å². The molecule has 1 aromatic heterocycles. The van der Waals surface area contributed by atoms with Crippen molar-refractivity contribution >= 4 is 22.8 Å². The van der Waals surface area contributed by atoms with E-state index >= 15 is 0 Å². The molecule has 6 rings (SSSR count). The van der Waals surface area contributed by atoms with Crippen LogP contribution < -0.4 is 11.1 Å². The van der Waals surface area contributed by atoms with E-state index in [1.54, 1.807) is 9.58 Å². The van der Waals surface area contributed by atoms with Crippen LogP contribution in [0.5, 0.6) is 0 Å². The molecule has 2 fully saturated rings. The molecular formula is C34H42N8O2. The number of rotatable bonds is 10. The predicted octanol–water partition coefficient (Wildman–Crippen LogP) is 2.33.